The average Bonchev–Trinajstić information content (AvgIpc) is 2.88. The topological polar surface area (TPSA) is 71.9 Å². The van der Waals surface area contributed by atoms with E-state index in [9.17, 15) is 14.4 Å². The molecule has 0 fully saturated rings. The molecule has 22 heavy (non-hydrogen) atoms. The Bertz CT molecular complexity index is 838. The number of carbonyl (C=O) groups excluding carboxylic acids is 2. The van der Waals surface area contributed by atoms with Gasteiger partial charge in [0.15, 0.2) is 11.6 Å². The van der Waals surface area contributed by atoms with E-state index in [0.717, 1.165) is 4.90 Å². The van der Waals surface area contributed by atoms with Crippen LogP contribution in [0, 0.1) is 0 Å². The molecule has 0 aliphatic carbocycles. The molecule has 1 aromatic heterocycles. The van der Waals surface area contributed by atoms with Gasteiger partial charge in [0.05, 0.1) is 5.02 Å². The lowest BCUT2D eigenvalue weighted by Gasteiger charge is -2.16. The Morgan fingerprint density at radius 2 is 2.18 bits per heavy atom. The lowest BCUT2D eigenvalue weighted by Crippen LogP contribution is -2.21. The van der Waals surface area contributed by atoms with Crippen molar-refractivity contribution in [3.63, 3.8) is 0 Å². The Balaban J connectivity index is 2.08. The summed E-state index contributed by atoms with van der Waals surface area (Å²) in [6.07, 6.45) is 1.82. The summed E-state index contributed by atoms with van der Waals surface area (Å²) in [4.78, 5) is 37.3. The fourth-order valence-electron chi connectivity index (χ4n) is 2.42. The molecule has 3 rings (SSSR count). The van der Waals surface area contributed by atoms with Gasteiger partial charge in [0.2, 0.25) is 0 Å². The van der Waals surface area contributed by atoms with E-state index >= 15 is 0 Å². The highest BCUT2D eigenvalue weighted by Crippen LogP contribution is 2.37. The molecule has 0 amide bonds. The van der Waals surface area contributed by atoms with E-state index in [1.807, 2.05) is 0 Å². The Morgan fingerprint density at radius 1 is 1.41 bits per heavy atom. The molecule has 1 aliphatic rings. The second kappa shape index (κ2) is 5.78. The van der Waals surface area contributed by atoms with Gasteiger partial charge < -0.3 is 5.10 Å². The Kier molecular flexibility index (Phi) is 3.97. The molecule has 1 aromatic carbocycles. The third kappa shape index (κ3) is 2.42. The summed E-state index contributed by atoms with van der Waals surface area (Å²) < 4.78 is 1.34. The van der Waals surface area contributed by atoms with Crippen LogP contribution in [0.4, 0.5) is 0 Å². The van der Waals surface area contributed by atoms with Crippen molar-refractivity contribution >= 4 is 34.9 Å². The molecular formula is C15H13ClN2O3S. The summed E-state index contributed by atoms with van der Waals surface area (Å²) in [5, 5.41) is 3.12. The van der Waals surface area contributed by atoms with Gasteiger partial charge in [0, 0.05) is 40.9 Å². The van der Waals surface area contributed by atoms with Crippen molar-refractivity contribution in [2.75, 3.05) is 5.75 Å². The van der Waals surface area contributed by atoms with Crippen LogP contribution in [0.3, 0.4) is 0 Å². The van der Waals surface area contributed by atoms with E-state index in [2.05, 4.69) is 5.10 Å². The second-order valence-corrected chi connectivity index (χ2v) is 6.43. The zero-order valence-electron chi connectivity index (χ0n) is 11.8. The van der Waals surface area contributed by atoms with Crippen LogP contribution in [-0.4, -0.2) is 27.1 Å². The predicted molar refractivity (Wildman–Crippen MR) is 85.3 cm³/mol. The number of nitrogens with one attached hydrogen (secondary N) is 1. The summed E-state index contributed by atoms with van der Waals surface area (Å²) in [6.45, 7) is 2.25. The molecule has 114 valence electrons. The van der Waals surface area contributed by atoms with Crippen LogP contribution in [-0.2, 0) is 6.54 Å². The van der Waals surface area contributed by atoms with Gasteiger partial charge in [0.25, 0.3) is 5.56 Å². The number of Topliss-reactive ketones (excluding diaryl/α,β-unsaturated/α-hetero) is 1. The number of hydrogen-bond donors (Lipinski definition) is 1. The third-order valence-electron chi connectivity index (χ3n) is 3.58. The fourth-order valence-corrected chi connectivity index (χ4v) is 3.82. The van der Waals surface area contributed by atoms with Gasteiger partial charge in [-0.15, -0.1) is 11.8 Å². The van der Waals surface area contributed by atoms with Crippen LogP contribution in [0.1, 0.15) is 39.6 Å². The monoisotopic (exact) mass is 336 g/mol. The van der Waals surface area contributed by atoms with Crippen molar-refractivity contribution in [1.29, 1.82) is 0 Å². The van der Waals surface area contributed by atoms with E-state index in [1.165, 1.54) is 28.7 Å². The summed E-state index contributed by atoms with van der Waals surface area (Å²) in [6, 6.07) is 3.07. The van der Waals surface area contributed by atoms with Gasteiger partial charge in [-0.05, 0) is 19.1 Å². The quantitative estimate of drug-likeness (QED) is 0.875. The normalized spacial score (nSPS) is 14.0. The number of aromatic nitrogens is 2. The molecule has 7 heteroatoms. The number of carbonyl (C=O) groups is 2. The number of rotatable bonds is 3. The number of ketones is 2. The summed E-state index contributed by atoms with van der Waals surface area (Å²) >= 11 is 7.71. The molecule has 0 atom stereocenters. The van der Waals surface area contributed by atoms with Gasteiger partial charge in [-0.25, -0.2) is 0 Å². The number of halogens is 1. The molecule has 0 saturated heterocycles. The van der Waals surface area contributed by atoms with Crippen LogP contribution in [0.5, 0.6) is 0 Å². The first kappa shape index (κ1) is 15.1. The number of aryl methyl sites for hydroxylation is 1. The summed E-state index contributed by atoms with van der Waals surface area (Å²) in [7, 11) is 0. The molecular weight excluding hydrogens is 324 g/mol. The highest BCUT2D eigenvalue weighted by molar-refractivity contribution is 7.99. The van der Waals surface area contributed by atoms with Gasteiger partial charge in [-0.1, -0.05) is 11.6 Å². The lowest BCUT2D eigenvalue weighted by atomic mass is 10.0. The molecule has 0 saturated carbocycles. The average molecular weight is 337 g/mol. The van der Waals surface area contributed by atoms with Crippen LogP contribution in [0.25, 0.3) is 0 Å². The molecule has 0 radical (unpaired) electrons. The predicted octanol–water partition coefficient (Wildman–Crippen LogP) is 2.76. The van der Waals surface area contributed by atoms with E-state index in [0.29, 0.717) is 29.3 Å². The first-order valence-electron chi connectivity index (χ1n) is 6.85. The van der Waals surface area contributed by atoms with E-state index in [-0.39, 0.29) is 22.5 Å². The van der Waals surface area contributed by atoms with Crippen LogP contribution < -0.4 is 5.56 Å². The molecule has 0 bridgehead atoms. The van der Waals surface area contributed by atoms with Crippen LogP contribution >= 0.6 is 23.4 Å². The molecule has 0 spiro atoms. The lowest BCUT2D eigenvalue weighted by molar-refractivity contribution is 0.0985. The molecule has 1 N–H and O–H groups in total. The Hall–Kier alpha value is -1.79. The summed E-state index contributed by atoms with van der Waals surface area (Å²) in [5.74, 6) is 0.240. The maximum atomic E-state index is 12.5. The highest BCUT2D eigenvalue weighted by Gasteiger charge is 2.24. The van der Waals surface area contributed by atoms with Crippen molar-refractivity contribution in [2.45, 2.75) is 24.8 Å². The molecule has 0 unspecified atom stereocenters. The minimum Gasteiger partial charge on any atom is -0.302 e. The highest BCUT2D eigenvalue weighted by atomic mass is 35.5. The molecule has 1 aliphatic heterocycles. The second-order valence-electron chi connectivity index (χ2n) is 4.92. The van der Waals surface area contributed by atoms with E-state index in [4.69, 9.17) is 11.6 Å². The number of benzene rings is 1. The van der Waals surface area contributed by atoms with Gasteiger partial charge in [-0.2, -0.15) is 0 Å². The SMILES string of the molecule is CCn1[nH]cc(C(=O)c2cc(Cl)c3c(c2)C(=O)CCS3)c1=O. The van der Waals surface area contributed by atoms with Crippen molar-refractivity contribution in [3.05, 3.63) is 50.4 Å². The maximum absolute atomic E-state index is 12.5. The van der Waals surface area contributed by atoms with Gasteiger partial charge in [-0.3, -0.25) is 19.1 Å². The van der Waals surface area contributed by atoms with Crippen LogP contribution in [0.15, 0.2) is 28.0 Å². The van der Waals surface area contributed by atoms with Crippen molar-refractivity contribution in [2.24, 2.45) is 0 Å². The van der Waals surface area contributed by atoms with E-state index in [1.54, 1.807) is 13.0 Å². The number of nitrogens with zero attached hydrogens (tertiary/aromatic N) is 1. The number of hydrogen-bond acceptors (Lipinski definition) is 4. The van der Waals surface area contributed by atoms with Gasteiger partial charge in [0.1, 0.15) is 5.56 Å². The Labute approximate surface area is 135 Å². The van der Waals surface area contributed by atoms with Crippen molar-refractivity contribution in [3.8, 4) is 0 Å². The van der Waals surface area contributed by atoms with E-state index < -0.39 is 5.78 Å². The minimum absolute atomic E-state index is 0.0228. The third-order valence-corrected chi connectivity index (χ3v) is 5.13. The summed E-state index contributed by atoms with van der Waals surface area (Å²) in [5.41, 5.74) is 0.410. The molecule has 2 heterocycles. The zero-order chi connectivity index (χ0) is 15.9. The zero-order valence-corrected chi connectivity index (χ0v) is 13.4. The Morgan fingerprint density at radius 3 is 2.86 bits per heavy atom. The first-order valence-corrected chi connectivity index (χ1v) is 8.21. The molecule has 2 aromatic rings. The number of aromatic amines is 1. The first-order chi connectivity index (χ1) is 10.5. The van der Waals surface area contributed by atoms with Crippen molar-refractivity contribution in [1.82, 2.24) is 9.78 Å². The number of H-pyrrole nitrogens is 1. The maximum Gasteiger partial charge on any atom is 0.277 e. The minimum atomic E-state index is -0.429. The van der Waals surface area contributed by atoms with Crippen LogP contribution in [0.2, 0.25) is 5.02 Å². The van der Waals surface area contributed by atoms with Crippen molar-refractivity contribution < 1.29 is 9.59 Å². The van der Waals surface area contributed by atoms with Gasteiger partial charge >= 0.3 is 0 Å². The largest absolute Gasteiger partial charge is 0.302 e. The standard InChI is InChI=1S/C15H13ClN2O3S/c1-2-18-15(21)10(7-17-18)13(20)8-5-9-12(19)3-4-22-14(9)11(16)6-8/h5-7,17H,2-4H2,1H3. The number of fused-ring (bicyclic) bond motifs is 1. The fraction of sp³-hybridized carbons (Fsp3) is 0.267. The number of thioether (sulfide) groups is 1. The molecule has 5 nitrogen and oxygen atoms in total. The smallest absolute Gasteiger partial charge is 0.277 e.